The molecule has 1 amide bonds. The van der Waals surface area contributed by atoms with Crippen LogP contribution in [0.15, 0.2) is 42.7 Å². The highest BCUT2D eigenvalue weighted by Gasteiger charge is 2.23. The Bertz CT molecular complexity index is 757. The number of carbonyl (C=O) groups is 1. The monoisotopic (exact) mass is 369 g/mol. The van der Waals surface area contributed by atoms with Gasteiger partial charge < -0.3 is 14.4 Å². The fourth-order valence-corrected chi connectivity index (χ4v) is 3.19. The van der Waals surface area contributed by atoms with Crippen LogP contribution in [0.1, 0.15) is 29.8 Å². The SMILES string of the molecule is COc1cc(C(=O)N2CCN(Cc3cccnc3)CC2)ccc1OC(C)C. The van der Waals surface area contributed by atoms with E-state index in [4.69, 9.17) is 9.47 Å². The normalized spacial score (nSPS) is 15.0. The maximum atomic E-state index is 12.9. The standard InChI is InChI=1S/C21H27N3O3/c1-16(2)27-19-7-6-18(13-20(19)26-3)21(25)24-11-9-23(10-12-24)15-17-5-4-8-22-14-17/h4-8,13-14,16H,9-12,15H2,1-3H3. The van der Waals surface area contributed by atoms with E-state index in [1.165, 1.54) is 5.56 Å². The van der Waals surface area contributed by atoms with Crippen molar-refractivity contribution in [1.29, 1.82) is 0 Å². The molecule has 2 heterocycles. The summed E-state index contributed by atoms with van der Waals surface area (Å²) < 4.78 is 11.1. The second kappa shape index (κ2) is 8.86. The Morgan fingerprint density at radius 3 is 2.56 bits per heavy atom. The van der Waals surface area contributed by atoms with Gasteiger partial charge >= 0.3 is 0 Å². The van der Waals surface area contributed by atoms with Gasteiger partial charge in [-0.2, -0.15) is 0 Å². The van der Waals surface area contributed by atoms with Crippen molar-refractivity contribution in [1.82, 2.24) is 14.8 Å². The minimum Gasteiger partial charge on any atom is -0.493 e. The molecule has 1 saturated heterocycles. The highest BCUT2D eigenvalue weighted by molar-refractivity contribution is 5.95. The topological polar surface area (TPSA) is 54.9 Å². The zero-order chi connectivity index (χ0) is 19.2. The quantitative estimate of drug-likeness (QED) is 0.784. The molecule has 1 fully saturated rings. The first kappa shape index (κ1) is 19.2. The van der Waals surface area contributed by atoms with Crippen LogP contribution in [-0.2, 0) is 6.54 Å². The van der Waals surface area contributed by atoms with Gasteiger partial charge in [-0.1, -0.05) is 6.07 Å². The average molecular weight is 369 g/mol. The van der Waals surface area contributed by atoms with E-state index in [1.54, 1.807) is 19.4 Å². The third kappa shape index (κ3) is 4.98. The van der Waals surface area contributed by atoms with E-state index in [0.29, 0.717) is 30.2 Å². The van der Waals surface area contributed by atoms with Gasteiger partial charge in [-0.25, -0.2) is 0 Å². The number of piperazine rings is 1. The van der Waals surface area contributed by atoms with Gasteiger partial charge in [0, 0.05) is 50.7 Å². The highest BCUT2D eigenvalue weighted by atomic mass is 16.5. The number of pyridine rings is 1. The lowest BCUT2D eigenvalue weighted by Crippen LogP contribution is -2.48. The van der Waals surface area contributed by atoms with Gasteiger partial charge in [-0.15, -0.1) is 0 Å². The van der Waals surface area contributed by atoms with Crippen molar-refractivity contribution in [3.05, 3.63) is 53.9 Å². The molecule has 27 heavy (non-hydrogen) atoms. The van der Waals surface area contributed by atoms with Crippen LogP contribution in [0.2, 0.25) is 0 Å². The molecule has 0 bridgehead atoms. The van der Waals surface area contributed by atoms with Crippen LogP contribution in [-0.4, -0.2) is 60.1 Å². The van der Waals surface area contributed by atoms with Gasteiger partial charge in [-0.3, -0.25) is 14.7 Å². The Hall–Kier alpha value is -2.60. The number of hydrogen-bond donors (Lipinski definition) is 0. The second-order valence-corrected chi connectivity index (χ2v) is 6.96. The van der Waals surface area contributed by atoms with Crippen LogP contribution in [0.3, 0.4) is 0 Å². The lowest BCUT2D eigenvalue weighted by Gasteiger charge is -2.34. The Morgan fingerprint density at radius 2 is 1.93 bits per heavy atom. The Labute approximate surface area is 160 Å². The Kier molecular flexibility index (Phi) is 6.29. The van der Waals surface area contributed by atoms with E-state index in [0.717, 1.165) is 19.6 Å². The predicted octanol–water partition coefficient (Wildman–Crippen LogP) is 2.84. The molecule has 3 rings (SSSR count). The van der Waals surface area contributed by atoms with E-state index < -0.39 is 0 Å². The molecule has 144 valence electrons. The fraction of sp³-hybridized carbons (Fsp3) is 0.429. The maximum absolute atomic E-state index is 12.9. The maximum Gasteiger partial charge on any atom is 0.254 e. The molecule has 0 atom stereocenters. The van der Waals surface area contributed by atoms with Gasteiger partial charge in [-0.05, 0) is 43.7 Å². The molecule has 2 aromatic rings. The van der Waals surface area contributed by atoms with Crippen molar-refractivity contribution in [2.75, 3.05) is 33.3 Å². The van der Waals surface area contributed by atoms with Crippen molar-refractivity contribution in [2.24, 2.45) is 0 Å². The second-order valence-electron chi connectivity index (χ2n) is 6.96. The molecular formula is C21H27N3O3. The molecule has 1 aliphatic rings. The first-order valence-corrected chi connectivity index (χ1v) is 9.32. The fourth-order valence-electron chi connectivity index (χ4n) is 3.19. The van der Waals surface area contributed by atoms with Gasteiger partial charge in [0.25, 0.3) is 5.91 Å². The summed E-state index contributed by atoms with van der Waals surface area (Å²) in [5, 5.41) is 0. The van der Waals surface area contributed by atoms with Crippen molar-refractivity contribution in [3.8, 4) is 11.5 Å². The number of aromatic nitrogens is 1. The van der Waals surface area contributed by atoms with E-state index in [-0.39, 0.29) is 12.0 Å². The van der Waals surface area contributed by atoms with Crippen LogP contribution < -0.4 is 9.47 Å². The molecule has 1 aromatic carbocycles. The van der Waals surface area contributed by atoms with E-state index >= 15 is 0 Å². The summed E-state index contributed by atoms with van der Waals surface area (Å²) in [4.78, 5) is 21.3. The van der Waals surface area contributed by atoms with E-state index in [9.17, 15) is 4.79 Å². The number of amides is 1. The van der Waals surface area contributed by atoms with Crippen LogP contribution in [0.4, 0.5) is 0 Å². The average Bonchev–Trinajstić information content (AvgIpc) is 2.69. The van der Waals surface area contributed by atoms with Crippen LogP contribution in [0.25, 0.3) is 0 Å². The molecule has 0 saturated carbocycles. The predicted molar refractivity (Wildman–Crippen MR) is 104 cm³/mol. The number of benzene rings is 1. The van der Waals surface area contributed by atoms with Gasteiger partial charge in [0.1, 0.15) is 0 Å². The number of ether oxygens (including phenoxy) is 2. The van der Waals surface area contributed by atoms with Gasteiger partial charge in [0.05, 0.1) is 13.2 Å². The zero-order valence-electron chi connectivity index (χ0n) is 16.2. The molecule has 0 N–H and O–H groups in total. The highest BCUT2D eigenvalue weighted by Crippen LogP contribution is 2.29. The third-order valence-electron chi connectivity index (χ3n) is 4.56. The smallest absolute Gasteiger partial charge is 0.254 e. The number of methoxy groups -OCH3 is 1. The van der Waals surface area contributed by atoms with E-state index in [2.05, 4.69) is 16.0 Å². The summed E-state index contributed by atoms with van der Waals surface area (Å²) in [6.45, 7) is 7.92. The van der Waals surface area contributed by atoms with Crippen molar-refractivity contribution >= 4 is 5.91 Å². The summed E-state index contributed by atoms with van der Waals surface area (Å²) in [5.74, 6) is 1.28. The minimum atomic E-state index is 0.0328. The summed E-state index contributed by atoms with van der Waals surface area (Å²) in [6, 6.07) is 9.42. The third-order valence-corrected chi connectivity index (χ3v) is 4.56. The van der Waals surface area contributed by atoms with Crippen LogP contribution in [0.5, 0.6) is 11.5 Å². The number of carbonyl (C=O) groups excluding carboxylic acids is 1. The van der Waals surface area contributed by atoms with Crippen LogP contribution >= 0.6 is 0 Å². The summed E-state index contributed by atoms with van der Waals surface area (Å²) in [6.07, 6.45) is 3.73. The largest absolute Gasteiger partial charge is 0.493 e. The number of nitrogens with zero attached hydrogens (tertiary/aromatic N) is 3. The number of rotatable bonds is 6. The molecule has 1 aliphatic heterocycles. The summed E-state index contributed by atoms with van der Waals surface area (Å²) >= 11 is 0. The molecule has 1 aromatic heterocycles. The van der Waals surface area contributed by atoms with Gasteiger partial charge in [0.15, 0.2) is 11.5 Å². The first-order valence-electron chi connectivity index (χ1n) is 9.32. The van der Waals surface area contributed by atoms with Crippen molar-refractivity contribution in [2.45, 2.75) is 26.5 Å². The Balaban J connectivity index is 1.60. The molecule has 0 radical (unpaired) electrons. The first-order chi connectivity index (χ1) is 13.1. The molecule has 6 heteroatoms. The van der Waals surface area contributed by atoms with Crippen molar-refractivity contribution < 1.29 is 14.3 Å². The summed E-state index contributed by atoms with van der Waals surface area (Å²) in [5.41, 5.74) is 1.83. The lowest BCUT2D eigenvalue weighted by atomic mass is 10.1. The molecule has 0 aliphatic carbocycles. The van der Waals surface area contributed by atoms with Crippen molar-refractivity contribution in [3.63, 3.8) is 0 Å². The summed E-state index contributed by atoms with van der Waals surface area (Å²) in [7, 11) is 1.59. The zero-order valence-corrected chi connectivity index (χ0v) is 16.2. The Morgan fingerprint density at radius 1 is 1.15 bits per heavy atom. The number of hydrogen-bond acceptors (Lipinski definition) is 5. The molecule has 0 spiro atoms. The lowest BCUT2D eigenvalue weighted by molar-refractivity contribution is 0.0628. The molecule has 6 nitrogen and oxygen atoms in total. The van der Waals surface area contributed by atoms with E-state index in [1.807, 2.05) is 43.1 Å². The minimum absolute atomic E-state index is 0.0328. The van der Waals surface area contributed by atoms with Crippen LogP contribution in [0, 0.1) is 0 Å². The molecular weight excluding hydrogens is 342 g/mol. The molecule has 0 unspecified atom stereocenters. The van der Waals surface area contributed by atoms with Gasteiger partial charge in [0.2, 0.25) is 0 Å².